The average Bonchev–Trinajstić information content (AvgIpc) is 2.30. The minimum atomic E-state index is -3.54. The van der Waals surface area contributed by atoms with E-state index in [9.17, 15) is 8.42 Å². The number of hydrogen-bond donors (Lipinski definition) is 1. The van der Waals surface area contributed by atoms with Gasteiger partial charge in [0.05, 0.1) is 16.8 Å². The Balaban J connectivity index is 2.50. The van der Waals surface area contributed by atoms with E-state index in [2.05, 4.69) is 4.98 Å². The zero-order valence-corrected chi connectivity index (χ0v) is 10.1. The molecule has 1 heterocycles. The Bertz CT molecular complexity index is 565. The lowest BCUT2D eigenvalue weighted by Crippen LogP contribution is -2.04. The van der Waals surface area contributed by atoms with Gasteiger partial charge >= 0.3 is 0 Å². The van der Waals surface area contributed by atoms with Gasteiger partial charge in [0.15, 0.2) is 5.03 Å². The first kappa shape index (κ1) is 11.6. The van der Waals surface area contributed by atoms with E-state index in [1.54, 1.807) is 24.3 Å². The van der Waals surface area contributed by atoms with Crippen LogP contribution in [0.2, 0.25) is 0 Å². The number of nitrogens with two attached hydrogens (primary N) is 1. The van der Waals surface area contributed by atoms with Crippen molar-refractivity contribution in [3.63, 3.8) is 0 Å². The Labute approximate surface area is 100 Å². The van der Waals surface area contributed by atoms with Crippen molar-refractivity contribution in [2.24, 2.45) is 0 Å². The monoisotopic (exact) mass is 248 g/mol. The normalized spacial score (nSPS) is 11.4. The van der Waals surface area contributed by atoms with Crippen LogP contribution in [0, 0.1) is 6.92 Å². The van der Waals surface area contributed by atoms with Crippen LogP contribution in [0.1, 0.15) is 5.56 Å². The standard InChI is InChI=1S/C12H12N2O2S/c1-9-2-5-11(6-3-9)17(15,16)12-7-4-10(13)8-14-12/h2-8H,13H2,1H3. The van der Waals surface area contributed by atoms with Gasteiger partial charge in [-0.3, -0.25) is 0 Å². The molecule has 0 radical (unpaired) electrons. The van der Waals surface area contributed by atoms with Gasteiger partial charge < -0.3 is 5.73 Å². The molecule has 2 N–H and O–H groups in total. The summed E-state index contributed by atoms with van der Waals surface area (Å²) >= 11 is 0. The maximum atomic E-state index is 12.2. The van der Waals surface area contributed by atoms with E-state index in [4.69, 9.17) is 5.73 Å². The molecule has 5 heteroatoms. The number of nitrogens with zero attached hydrogens (tertiary/aromatic N) is 1. The van der Waals surface area contributed by atoms with E-state index in [0.29, 0.717) is 5.69 Å². The summed E-state index contributed by atoms with van der Waals surface area (Å²) < 4.78 is 24.3. The van der Waals surface area contributed by atoms with E-state index in [0.717, 1.165) is 5.56 Å². The smallest absolute Gasteiger partial charge is 0.223 e. The van der Waals surface area contributed by atoms with Crippen LogP contribution >= 0.6 is 0 Å². The van der Waals surface area contributed by atoms with Crippen LogP contribution in [-0.2, 0) is 9.84 Å². The highest BCUT2D eigenvalue weighted by molar-refractivity contribution is 7.91. The molecule has 0 saturated heterocycles. The molecule has 0 aliphatic rings. The van der Waals surface area contributed by atoms with Crippen LogP contribution in [0.15, 0.2) is 52.5 Å². The largest absolute Gasteiger partial charge is 0.397 e. The molecular formula is C12H12N2O2S. The third-order valence-corrected chi connectivity index (χ3v) is 4.05. The molecule has 0 amide bonds. The predicted octanol–water partition coefficient (Wildman–Crippen LogP) is 1.81. The molecule has 0 bridgehead atoms. The number of hydrogen-bond acceptors (Lipinski definition) is 4. The van der Waals surface area contributed by atoms with Gasteiger partial charge in [0.1, 0.15) is 0 Å². The summed E-state index contributed by atoms with van der Waals surface area (Å²) in [6.45, 7) is 1.90. The highest BCUT2D eigenvalue weighted by Crippen LogP contribution is 2.19. The van der Waals surface area contributed by atoms with Gasteiger partial charge in [-0.15, -0.1) is 0 Å². The van der Waals surface area contributed by atoms with Crippen molar-refractivity contribution in [3.05, 3.63) is 48.2 Å². The van der Waals surface area contributed by atoms with Crippen molar-refractivity contribution in [1.29, 1.82) is 0 Å². The molecule has 0 atom stereocenters. The fourth-order valence-electron chi connectivity index (χ4n) is 1.39. The molecule has 4 nitrogen and oxygen atoms in total. The van der Waals surface area contributed by atoms with Gasteiger partial charge in [0.2, 0.25) is 9.84 Å². The Kier molecular flexibility index (Phi) is 2.85. The Morgan fingerprint density at radius 2 is 1.71 bits per heavy atom. The number of sulfone groups is 1. The molecule has 0 unspecified atom stereocenters. The van der Waals surface area contributed by atoms with Crippen LogP contribution in [0.4, 0.5) is 5.69 Å². The Morgan fingerprint density at radius 3 is 2.24 bits per heavy atom. The number of aromatic nitrogens is 1. The number of anilines is 1. The zero-order chi connectivity index (χ0) is 12.5. The molecule has 2 aromatic rings. The molecule has 0 aliphatic carbocycles. The van der Waals surface area contributed by atoms with Gasteiger partial charge in [-0.25, -0.2) is 13.4 Å². The lowest BCUT2D eigenvalue weighted by atomic mass is 10.2. The van der Waals surface area contributed by atoms with Crippen molar-refractivity contribution in [3.8, 4) is 0 Å². The highest BCUT2D eigenvalue weighted by atomic mass is 32.2. The maximum absolute atomic E-state index is 12.2. The predicted molar refractivity (Wildman–Crippen MR) is 65.3 cm³/mol. The Hall–Kier alpha value is -1.88. The molecule has 0 spiro atoms. The first-order valence-corrected chi connectivity index (χ1v) is 6.52. The van der Waals surface area contributed by atoms with E-state index in [-0.39, 0.29) is 9.92 Å². The summed E-state index contributed by atoms with van der Waals surface area (Å²) in [4.78, 5) is 4.07. The number of pyridine rings is 1. The third kappa shape index (κ3) is 2.29. The van der Waals surface area contributed by atoms with Crippen LogP contribution in [-0.4, -0.2) is 13.4 Å². The molecule has 2 rings (SSSR count). The highest BCUT2D eigenvalue weighted by Gasteiger charge is 2.18. The third-order valence-electron chi connectivity index (χ3n) is 2.37. The van der Waals surface area contributed by atoms with E-state index in [1.165, 1.54) is 18.3 Å². The molecule has 88 valence electrons. The second-order valence-corrected chi connectivity index (χ2v) is 5.64. The summed E-state index contributed by atoms with van der Waals surface area (Å²) in [5.74, 6) is 0. The van der Waals surface area contributed by atoms with Gasteiger partial charge in [-0.1, -0.05) is 17.7 Å². The topological polar surface area (TPSA) is 73.0 Å². The van der Waals surface area contributed by atoms with Crippen molar-refractivity contribution < 1.29 is 8.42 Å². The second kappa shape index (κ2) is 4.18. The van der Waals surface area contributed by atoms with Crippen molar-refractivity contribution in [1.82, 2.24) is 4.98 Å². The summed E-state index contributed by atoms with van der Waals surface area (Å²) in [5, 5.41) is 0.00977. The molecule has 0 aliphatic heterocycles. The number of aryl methyl sites for hydroxylation is 1. The average molecular weight is 248 g/mol. The number of rotatable bonds is 2. The molecule has 17 heavy (non-hydrogen) atoms. The minimum absolute atomic E-state index is 0.00977. The van der Waals surface area contributed by atoms with Gasteiger partial charge in [-0.05, 0) is 31.2 Å². The number of nitrogen functional groups attached to an aromatic ring is 1. The van der Waals surface area contributed by atoms with Crippen LogP contribution in [0.25, 0.3) is 0 Å². The van der Waals surface area contributed by atoms with E-state index in [1.807, 2.05) is 6.92 Å². The van der Waals surface area contributed by atoms with Gasteiger partial charge in [-0.2, -0.15) is 0 Å². The first-order valence-electron chi connectivity index (χ1n) is 5.03. The van der Waals surface area contributed by atoms with Gasteiger partial charge in [0, 0.05) is 0 Å². The fraction of sp³-hybridized carbons (Fsp3) is 0.0833. The maximum Gasteiger partial charge on any atom is 0.223 e. The second-order valence-electron chi connectivity index (χ2n) is 3.75. The van der Waals surface area contributed by atoms with Crippen molar-refractivity contribution >= 4 is 15.5 Å². The molecule has 1 aromatic carbocycles. The first-order chi connectivity index (χ1) is 8.00. The lowest BCUT2D eigenvalue weighted by molar-refractivity contribution is 0.592. The van der Waals surface area contributed by atoms with Crippen molar-refractivity contribution in [2.45, 2.75) is 16.8 Å². The van der Waals surface area contributed by atoms with E-state index < -0.39 is 9.84 Å². The number of benzene rings is 1. The molecule has 0 fully saturated rings. The lowest BCUT2D eigenvalue weighted by Gasteiger charge is -2.04. The fourth-order valence-corrected chi connectivity index (χ4v) is 2.56. The van der Waals surface area contributed by atoms with Crippen LogP contribution in [0.3, 0.4) is 0 Å². The zero-order valence-electron chi connectivity index (χ0n) is 9.29. The quantitative estimate of drug-likeness (QED) is 0.879. The summed E-state index contributed by atoms with van der Waals surface area (Å²) in [7, 11) is -3.54. The molecular weight excluding hydrogens is 236 g/mol. The summed E-state index contributed by atoms with van der Waals surface area (Å²) in [6, 6.07) is 9.58. The summed E-state index contributed by atoms with van der Waals surface area (Å²) in [6.07, 6.45) is 1.33. The minimum Gasteiger partial charge on any atom is -0.397 e. The van der Waals surface area contributed by atoms with Gasteiger partial charge in [0.25, 0.3) is 0 Å². The molecule has 0 saturated carbocycles. The van der Waals surface area contributed by atoms with Crippen LogP contribution in [0.5, 0.6) is 0 Å². The SMILES string of the molecule is Cc1ccc(S(=O)(=O)c2ccc(N)cn2)cc1. The molecule has 1 aromatic heterocycles. The van der Waals surface area contributed by atoms with E-state index >= 15 is 0 Å². The van der Waals surface area contributed by atoms with Crippen molar-refractivity contribution in [2.75, 3.05) is 5.73 Å². The Morgan fingerprint density at radius 1 is 1.06 bits per heavy atom. The van der Waals surface area contributed by atoms with Crippen LogP contribution < -0.4 is 5.73 Å². The summed E-state index contributed by atoms with van der Waals surface area (Å²) in [5.41, 5.74) is 6.92.